The van der Waals surface area contributed by atoms with Crippen LogP contribution in [0, 0.1) is 12.7 Å². The van der Waals surface area contributed by atoms with E-state index in [9.17, 15) is 14.0 Å². The molecule has 2 heterocycles. The van der Waals surface area contributed by atoms with Gasteiger partial charge in [-0.2, -0.15) is 0 Å². The van der Waals surface area contributed by atoms with Gasteiger partial charge in [0.1, 0.15) is 10.8 Å². The highest BCUT2D eigenvalue weighted by Gasteiger charge is 2.28. The van der Waals surface area contributed by atoms with Crippen LogP contribution < -0.4 is 10.6 Å². The summed E-state index contributed by atoms with van der Waals surface area (Å²) in [5.74, 6) is -0.730. The summed E-state index contributed by atoms with van der Waals surface area (Å²) in [4.78, 5) is 26.9. The van der Waals surface area contributed by atoms with Crippen molar-refractivity contribution in [1.29, 1.82) is 0 Å². The summed E-state index contributed by atoms with van der Waals surface area (Å²) in [5, 5.41) is 14.8. The average molecular weight is 440 g/mol. The summed E-state index contributed by atoms with van der Waals surface area (Å²) in [5.41, 5.74) is 2.33. The van der Waals surface area contributed by atoms with E-state index in [1.54, 1.807) is 4.90 Å². The van der Waals surface area contributed by atoms with Gasteiger partial charge in [-0.15, -0.1) is 10.2 Å². The zero-order chi connectivity index (χ0) is 21.8. The molecular weight excluding hydrogens is 417 g/mol. The minimum absolute atomic E-state index is 0.0295. The topological polar surface area (TPSA) is 87.2 Å². The molecule has 3 aromatic rings. The van der Waals surface area contributed by atoms with Gasteiger partial charge in [0.05, 0.1) is 0 Å². The number of halogens is 1. The van der Waals surface area contributed by atoms with E-state index in [-0.39, 0.29) is 28.7 Å². The molecule has 0 unspecified atom stereocenters. The van der Waals surface area contributed by atoms with E-state index >= 15 is 0 Å². The summed E-state index contributed by atoms with van der Waals surface area (Å²) in [6.45, 7) is 3.17. The van der Waals surface area contributed by atoms with Crippen molar-refractivity contribution in [3.63, 3.8) is 0 Å². The zero-order valence-corrected chi connectivity index (χ0v) is 17.8. The molecule has 9 heteroatoms. The molecule has 3 amide bonds. The van der Waals surface area contributed by atoms with Crippen molar-refractivity contribution in [3.05, 3.63) is 69.9 Å². The number of benzene rings is 2. The maximum absolute atomic E-state index is 13.0. The number of nitrogens with one attached hydrogen (secondary N) is 2. The molecule has 1 fully saturated rings. The monoisotopic (exact) mass is 439 g/mol. The second-order valence-corrected chi connectivity index (χ2v) is 8.50. The molecular formula is C22H22FN5O2S. The summed E-state index contributed by atoms with van der Waals surface area (Å²) in [6, 6.07) is 13.1. The molecule has 0 bridgehead atoms. The molecule has 2 aromatic carbocycles. The predicted molar refractivity (Wildman–Crippen MR) is 118 cm³/mol. The minimum Gasteiger partial charge on any atom is -0.324 e. The molecule has 1 aliphatic heterocycles. The number of amides is 3. The van der Waals surface area contributed by atoms with Crippen LogP contribution in [0.5, 0.6) is 0 Å². The SMILES string of the molecule is Cc1cccc(NC(=O)N2CCC[C@@H](c3nnc(C(=O)Nc4ccc(F)cc4)s3)C2)c1. The van der Waals surface area contributed by atoms with Crippen molar-refractivity contribution in [2.75, 3.05) is 23.7 Å². The molecule has 1 saturated heterocycles. The van der Waals surface area contributed by atoms with Crippen molar-refractivity contribution in [2.24, 2.45) is 0 Å². The fourth-order valence-electron chi connectivity index (χ4n) is 3.50. The smallest absolute Gasteiger partial charge is 0.321 e. The van der Waals surface area contributed by atoms with Crippen molar-refractivity contribution in [3.8, 4) is 0 Å². The molecule has 1 aliphatic rings. The Morgan fingerprint density at radius 1 is 1.10 bits per heavy atom. The number of carbonyl (C=O) groups excluding carboxylic acids is 2. The summed E-state index contributed by atoms with van der Waals surface area (Å²) >= 11 is 1.22. The first-order valence-corrected chi connectivity index (χ1v) is 10.8. The minimum atomic E-state index is -0.389. The predicted octanol–water partition coefficient (Wildman–Crippen LogP) is 4.65. The van der Waals surface area contributed by atoms with Crippen LogP contribution >= 0.6 is 11.3 Å². The Hall–Kier alpha value is -3.33. The maximum Gasteiger partial charge on any atom is 0.321 e. The van der Waals surface area contributed by atoms with Gasteiger partial charge < -0.3 is 15.5 Å². The number of hydrogen-bond acceptors (Lipinski definition) is 5. The van der Waals surface area contributed by atoms with E-state index in [1.165, 1.54) is 35.6 Å². The van der Waals surface area contributed by atoms with E-state index in [4.69, 9.17) is 0 Å². The first-order valence-electron chi connectivity index (χ1n) is 10.0. The third kappa shape index (κ3) is 5.24. The molecule has 0 radical (unpaired) electrons. The average Bonchev–Trinajstić information content (AvgIpc) is 3.26. The van der Waals surface area contributed by atoms with Crippen LogP contribution in [0.4, 0.5) is 20.6 Å². The maximum atomic E-state index is 13.0. The molecule has 2 N–H and O–H groups in total. The highest BCUT2D eigenvalue weighted by atomic mass is 32.1. The molecule has 0 aliphatic carbocycles. The van der Waals surface area contributed by atoms with E-state index in [0.717, 1.165) is 29.1 Å². The Morgan fingerprint density at radius 2 is 1.90 bits per heavy atom. The third-order valence-electron chi connectivity index (χ3n) is 5.06. The molecule has 7 nitrogen and oxygen atoms in total. The Labute approximate surface area is 183 Å². The van der Waals surface area contributed by atoms with Crippen LogP contribution in [0.2, 0.25) is 0 Å². The van der Waals surface area contributed by atoms with Crippen molar-refractivity contribution in [2.45, 2.75) is 25.7 Å². The fourth-order valence-corrected chi connectivity index (χ4v) is 4.36. The number of urea groups is 1. The second-order valence-electron chi connectivity index (χ2n) is 7.49. The molecule has 31 heavy (non-hydrogen) atoms. The lowest BCUT2D eigenvalue weighted by molar-refractivity contribution is 0.102. The molecule has 0 spiro atoms. The zero-order valence-electron chi connectivity index (χ0n) is 17.0. The number of anilines is 2. The van der Waals surface area contributed by atoms with Crippen molar-refractivity contribution < 1.29 is 14.0 Å². The number of rotatable bonds is 4. The van der Waals surface area contributed by atoms with Gasteiger partial charge in [0.25, 0.3) is 5.91 Å². The van der Waals surface area contributed by atoms with Crippen LogP contribution in [-0.2, 0) is 0 Å². The van der Waals surface area contributed by atoms with E-state index in [2.05, 4.69) is 20.8 Å². The normalized spacial score (nSPS) is 16.1. The fraction of sp³-hybridized carbons (Fsp3) is 0.273. The second kappa shape index (κ2) is 9.22. The van der Waals surface area contributed by atoms with Gasteiger partial charge in [0.2, 0.25) is 5.01 Å². The molecule has 0 saturated carbocycles. The van der Waals surface area contributed by atoms with Gasteiger partial charge in [0.15, 0.2) is 0 Å². The number of piperidine rings is 1. The lowest BCUT2D eigenvalue weighted by Gasteiger charge is -2.31. The Kier molecular flexibility index (Phi) is 6.22. The number of hydrogen-bond donors (Lipinski definition) is 2. The lowest BCUT2D eigenvalue weighted by atomic mass is 9.99. The van der Waals surface area contributed by atoms with E-state index < -0.39 is 0 Å². The highest BCUT2D eigenvalue weighted by molar-refractivity contribution is 7.13. The molecule has 1 atom stereocenters. The third-order valence-corrected chi connectivity index (χ3v) is 6.15. The van der Waals surface area contributed by atoms with E-state index in [0.29, 0.717) is 18.8 Å². The van der Waals surface area contributed by atoms with Gasteiger partial charge in [-0.25, -0.2) is 9.18 Å². The van der Waals surface area contributed by atoms with Crippen molar-refractivity contribution >= 4 is 34.6 Å². The lowest BCUT2D eigenvalue weighted by Crippen LogP contribution is -2.41. The van der Waals surface area contributed by atoms with Crippen LogP contribution in [0.3, 0.4) is 0 Å². The Balaban J connectivity index is 1.38. The summed E-state index contributed by atoms with van der Waals surface area (Å²) in [6.07, 6.45) is 1.73. The number of likely N-dealkylation sites (tertiary alicyclic amines) is 1. The van der Waals surface area contributed by atoms with Crippen molar-refractivity contribution in [1.82, 2.24) is 15.1 Å². The molecule has 160 valence electrons. The Morgan fingerprint density at radius 3 is 2.68 bits per heavy atom. The van der Waals surface area contributed by atoms with Gasteiger partial charge in [-0.1, -0.05) is 23.5 Å². The first-order chi connectivity index (χ1) is 15.0. The largest absolute Gasteiger partial charge is 0.324 e. The van der Waals surface area contributed by atoms with Gasteiger partial charge in [-0.05, 0) is 61.7 Å². The molecule has 1 aromatic heterocycles. The number of aromatic nitrogens is 2. The van der Waals surface area contributed by atoms with Gasteiger partial charge in [0, 0.05) is 30.4 Å². The van der Waals surface area contributed by atoms with Gasteiger partial charge >= 0.3 is 6.03 Å². The number of nitrogens with zero attached hydrogens (tertiary/aromatic N) is 3. The van der Waals surface area contributed by atoms with Crippen LogP contribution in [0.25, 0.3) is 0 Å². The van der Waals surface area contributed by atoms with Crippen LogP contribution in [-0.4, -0.2) is 40.1 Å². The summed E-state index contributed by atoms with van der Waals surface area (Å²) < 4.78 is 13.0. The van der Waals surface area contributed by atoms with Gasteiger partial charge in [-0.3, -0.25) is 4.79 Å². The van der Waals surface area contributed by atoms with E-state index in [1.807, 2.05) is 31.2 Å². The highest BCUT2D eigenvalue weighted by Crippen LogP contribution is 2.29. The quantitative estimate of drug-likeness (QED) is 0.620. The number of aryl methyl sites for hydroxylation is 1. The standard InChI is InChI=1S/C22H22FN5O2S/c1-14-4-2-6-18(12-14)25-22(30)28-11-3-5-15(13-28)20-26-27-21(31-20)19(29)24-17-9-7-16(23)8-10-17/h2,4,6-10,12,15H,3,5,11,13H2,1H3,(H,24,29)(H,25,30)/t15-/m1/s1. The number of carbonyl (C=O) groups is 2. The summed E-state index contributed by atoms with van der Waals surface area (Å²) in [7, 11) is 0. The molecule has 4 rings (SSSR count). The first kappa shape index (κ1) is 20.9. The Bertz CT molecular complexity index is 1090. The van der Waals surface area contributed by atoms with Crippen LogP contribution in [0.15, 0.2) is 48.5 Å². The van der Waals surface area contributed by atoms with Crippen LogP contribution in [0.1, 0.15) is 39.1 Å².